The summed E-state index contributed by atoms with van der Waals surface area (Å²) < 4.78 is 32.8. The number of nitriles is 1. The summed E-state index contributed by atoms with van der Waals surface area (Å²) >= 11 is 0. The van der Waals surface area contributed by atoms with Crippen LogP contribution < -0.4 is 9.46 Å². The maximum Gasteiger partial charge on any atom is 0.263 e. The van der Waals surface area contributed by atoms with Crippen LogP contribution in [0.15, 0.2) is 41.4 Å². The van der Waals surface area contributed by atoms with Crippen molar-refractivity contribution in [1.29, 1.82) is 5.26 Å². The second-order valence-electron chi connectivity index (χ2n) is 5.98. The number of hydrogen-bond acceptors (Lipinski definition) is 5. The van der Waals surface area contributed by atoms with Crippen molar-refractivity contribution >= 4 is 15.7 Å². The summed E-state index contributed by atoms with van der Waals surface area (Å²) in [6, 6.07) is 9.82. The quantitative estimate of drug-likeness (QED) is 0.933. The van der Waals surface area contributed by atoms with Gasteiger partial charge in [0, 0.05) is 23.2 Å². The molecule has 118 valence electrons. The maximum absolute atomic E-state index is 12.4. The minimum atomic E-state index is -3.76. The van der Waals surface area contributed by atoms with E-state index >= 15 is 0 Å². The predicted octanol–water partition coefficient (Wildman–Crippen LogP) is 2.42. The Morgan fingerprint density at radius 2 is 2.09 bits per heavy atom. The van der Waals surface area contributed by atoms with Gasteiger partial charge in [-0.15, -0.1) is 0 Å². The number of nitrogens with one attached hydrogen (secondary N) is 1. The molecule has 0 saturated carbocycles. The van der Waals surface area contributed by atoms with Crippen molar-refractivity contribution in [1.82, 2.24) is 4.98 Å². The number of rotatable bonds is 3. The van der Waals surface area contributed by atoms with E-state index in [0.717, 1.165) is 11.8 Å². The van der Waals surface area contributed by atoms with Crippen molar-refractivity contribution in [3.8, 4) is 11.8 Å². The van der Waals surface area contributed by atoms with Crippen LogP contribution in [0.3, 0.4) is 0 Å². The molecule has 23 heavy (non-hydrogen) atoms. The van der Waals surface area contributed by atoms with E-state index in [9.17, 15) is 8.42 Å². The molecule has 0 atom stereocenters. The van der Waals surface area contributed by atoms with Gasteiger partial charge in [0.15, 0.2) is 0 Å². The number of ether oxygens (including phenoxy) is 1. The fraction of sp³-hybridized carbons (Fsp3) is 0.250. The summed E-state index contributed by atoms with van der Waals surface area (Å²) in [6.45, 7) is 4.72. The average molecular weight is 329 g/mol. The lowest BCUT2D eigenvalue weighted by Crippen LogP contribution is -2.18. The van der Waals surface area contributed by atoms with Gasteiger partial charge in [0.05, 0.1) is 12.3 Å². The Hall–Kier alpha value is -2.59. The zero-order chi connectivity index (χ0) is 16.7. The minimum Gasteiger partial charge on any atom is -0.492 e. The van der Waals surface area contributed by atoms with Crippen molar-refractivity contribution < 1.29 is 13.2 Å². The summed E-state index contributed by atoms with van der Waals surface area (Å²) in [5.74, 6) is 0.688. The van der Waals surface area contributed by atoms with Crippen LogP contribution in [0.25, 0.3) is 0 Å². The monoisotopic (exact) mass is 329 g/mol. The number of nitrogens with zero attached hydrogens (tertiary/aromatic N) is 2. The molecule has 2 heterocycles. The summed E-state index contributed by atoms with van der Waals surface area (Å²) in [5, 5.41) is 8.71. The summed E-state index contributed by atoms with van der Waals surface area (Å²) in [5.41, 5.74) is 1.56. The molecule has 7 heteroatoms. The molecule has 1 aromatic heterocycles. The molecule has 0 spiro atoms. The van der Waals surface area contributed by atoms with Crippen molar-refractivity contribution in [2.45, 2.75) is 24.2 Å². The molecule has 1 aliphatic heterocycles. The first-order valence-corrected chi connectivity index (χ1v) is 8.46. The second kappa shape index (κ2) is 5.25. The molecule has 0 saturated heterocycles. The zero-order valence-electron chi connectivity index (χ0n) is 12.7. The fourth-order valence-corrected chi connectivity index (χ4v) is 3.41. The molecule has 0 bridgehead atoms. The minimum absolute atomic E-state index is 0.00162. The van der Waals surface area contributed by atoms with Crippen molar-refractivity contribution in [2.75, 3.05) is 11.3 Å². The Labute approximate surface area is 134 Å². The van der Waals surface area contributed by atoms with Gasteiger partial charge in [0.25, 0.3) is 10.0 Å². The van der Waals surface area contributed by atoms with Crippen LogP contribution in [0.5, 0.6) is 5.75 Å². The van der Waals surface area contributed by atoms with Gasteiger partial charge in [-0.2, -0.15) is 5.26 Å². The van der Waals surface area contributed by atoms with Gasteiger partial charge in [0.1, 0.15) is 22.4 Å². The van der Waals surface area contributed by atoms with E-state index in [0.29, 0.717) is 18.0 Å². The number of sulfonamides is 1. The SMILES string of the molecule is CC1(C)COc2cc(NS(=O)(=O)c3ccc(C#N)nc3)ccc21. The third-order valence-electron chi connectivity index (χ3n) is 3.71. The van der Waals surface area contributed by atoms with Gasteiger partial charge >= 0.3 is 0 Å². The van der Waals surface area contributed by atoms with Gasteiger partial charge in [0.2, 0.25) is 0 Å². The van der Waals surface area contributed by atoms with E-state index < -0.39 is 10.0 Å². The largest absolute Gasteiger partial charge is 0.492 e. The molecular formula is C16H15N3O3S. The molecule has 2 aromatic rings. The molecule has 6 nitrogen and oxygen atoms in total. The van der Waals surface area contributed by atoms with E-state index in [2.05, 4.69) is 23.6 Å². The molecule has 0 fully saturated rings. The number of pyridine rings is 1. The van der Waals surface area contributed by atoms with Crippen LogP contribution in [-0.4, -0.2) is 20.0 Å². The Balaban J connectivity index is 1.88. The second-order valence-corrected chi connectivity index (χ2v) is 7.66. The zero-order valence-corrected chi connectivity index (χ0v) is 13.5. The summed E-state index contributed by atoms with van der Waals surface area (Å²) in [4.78, 5) is 3.78. The Bertz CT molecular complexity index is 897. The van der Waals surface area contributed by atoms with Gasteiger partial charge in [-0.1, -0.05) is 19.9 Å². The molecule has 1 N–H and O–H groups in total. The number of hydrogen-bond donors (Lipinski definition) is 1. The smallest absolute Gasteiger partial charge is 0.263 e. The number of anilines is 1. The van der Waals surface area contributed by atoms with Crippen LogP contribution in [0, 0.1) is 11.3 Å². The molecule has 0 aliphatic carbocycles. The van der Waals surface area contributed by atoms with Crippen LogP contribution in [0.2, 0.25) is 0 Å². The standard InChI is InChI=1S/C16H15N3O3S/c1-16(2)10-22-15-7-11(4-6-14(15)16)19-23(20,21)13-5-3-12(8-17)18-9-13/h3-7,9,19H,10H2,1-2H3. The van der Waals surface area contributed by atoms with Crippen molar-refractivity contribution in [3.05, 3.63) is 47.8 Å². The first-order chi connectivity index (χ1) is 10.8. The average Bonchev–Trinajstić information content (AvgIpc) is 2.82. The fourth-order valence-electron chi connectivity index (χ4n) is 2.42. The summed E-state index contributed by atoms with van der Waals surface area (Å²) in [6.07, 6.45) is 1.16. The van der Waals surface area contributed by atoms with Crippen LogP contribution in [-0.2, 0) is 15.4 Å². The van der Waals surface area contributed by atoms with Gasteiger partial charge in [-0.25, -0.2) is 13.4 Å². The number of aromatic nitrogens is 1. The number of benzene rings is 1. The Morgan fingerprint density at radius 3 is 2.74 bits per heavy atom. The van der Waals surface area contributed by atoms with E-state index in [1.165, 1.54) is 12.1 Å². The molecule has 0 amide bonds. The third-order valence-corrected chi connectivity index (χ3v) is 5.08. The van der Waals surface area contributed by atoms with Gasteiger partial charge in [-0.3, -0.25) is 4.72 Å². The summed E-state index contributed by atoms with van der Waals surface area (Å²) in [7, 11) is -3.76. The van der Waals surface area contributed by atoms with Crippen LogP contribution >= 0.6 is 0 Å². The lowest BCUT2D eigenvalue weighted by molar-refractivity contribution is 0.291. The third kappa shape index (κ3) is 2.85. The molecular weight excluding hydrogens is 314 g/mol. The Morgan fingerprint density at radius 1 is 1.30 bits per heavy atom. The Kier molecular flexibility index (Phi) is 3.49. The lowest BCUT2D eigenvalue weighted by atomic mass is 9.87. The molecule has 0 unspecified atom stereocenters. The highest BCUT2D eigenvalue weighted by Crippen LogP contribution is 2.39. The highest BCUT2D eigenvalue weighted by atomic mass is 32.2. The first-order valence-electron chi connectivity index (χ1n) is 6.98. The maximum atomic E-state index is 12.4. The van der Waals surface area contributed by atoms with E-state index in [1.807, 2.05) is 12.1 Å². The van der Waals surface area contributed by atoms with Crippen molar-refractivity contribution in [3.63, 3.8) is 0 Å². The molecule has 1 aromatic carbocycles. The van der Waals surface area contributed by atoms with Crippen LogP contribution in [0.1, 0.15) is 25.1 Å². The van der Waals surface area contributed by atoms with Crippen LogP contribution in [0.4, 0.5) is 5.69 Å². The normalized spacial score (nSPS) is 15.3. The molecule has 0 radical (unpaired) electrons. The van der Waals surface area contributed by atoms with Gasteiger partial charge in [-0.05, 0) is 18.2 Å². The molecule has 3 rings (SSSR count). The lowest BCUT2D eigenvalue weighted by Gasteiger charge is -2.15. The molecule has 1 aliphatic rings. The highest BCUT2D eigenvalue weighted by molar-refractivity contribution is 7.92. The van der Waals surface area contributed by atoms with E-state index in [4.69, 9.17) is 10.00 Å². The topological polar surface area (TPSA) is 92.1 Å². The van der Waals surface area contributed by atoms with Crippen molar-refractivity contribution in [2.24, 2.45) is 0 Å². The number of fused-ring (bicyclic) bond motifs is 1. The van der Waals surface area contributed by atoms with E-state index in [-0.39, 0.29) is 16.0 Å². The highest BCUT2D eigenvalue weighted by Gasteiger charge is 2.31. The van der Waals surface area contributed by atoms with Gasteiger partial charge < -0.3 is 4.74 Å². The first kappa shape index (κ1) is 15.3. The predicted molar refractivity (Wildman–Crippen MR) is 84.7 cm³/mol. The van der Waals surface area contributed by atoms with E-state index in [1.54, 1.807) is 12.1 Å².